The maximum absolute atomic E-state index is 15.1. The third-order valence-corrected chi connectivity index (χ3v) is 7.28. The van der Waals surface area contributed by atoms with Crippen molar-refractivity contribution in [1.29, 1.82) is 5.26 Å². The second-order valence-electron chi connectivity index (χ2n) is 10.5. The van der Waals surface area contributed by atoms with Crippen LogP contribution in [0.2, 0.25) is 0 Å². The van der Waals surface area contributed by atoms with Gasteiger partial charge < -0.3 is 10.6 Å². The third kappa shape index (κ3) is 5.28. The van der Waals surface area contributed by atoms with E-state index in [1.54, 1.807) is 29.9 Å². The minimum absolute atomic E-state index is 0.0148. The summed E-state index contributed by atoms with van der Waals surface area (Å²) in [5.41, 5.74) is 1.90. The van der Waals surface area contributed by atoms with Crippen molar-refractivity contribution in [1.82, 2.24) is 25.1 Å². The van der Waals surface area contributed by atoms with E-state index in [0.717, 1.165) is 25.7 Å². The number of hydrogen-bond donors (Lipinski definition) is 2. The second-order valence-corrected chi connectivity index (χ2v) is 10.5. The highest BCUT2D eigenvalue weighted by molar-refractivity contribution is 6.00. The monoisotopic (exact) mass is 515 g/mol. The Hall–Kier alpha value is -4.13. The number of anilines is 1. The average molecular weight is 516 g/mol. The van der Waals surface area contributed by atoms with E-state index >= 15 is 4.39 Å². The number of nitrogens with zero attached hydrogens (tertiary/aromatic N) is 5. The number of nitrogens with one attached hydrogen (secondary N) is 2. The molecule has 0 spiro atoms. The first-order valence-electron chi connectivity index (χ1n) is 13.0. The molecule has 2 fully saturated rings. The Bertz CT molecular complexity index is 1410. The Morgan fingerprint density at radius 2 is 1.84 bits per heavy atom. The molecule has 1 atom stereocenters. The van der Waals surface area contributed by atoms with E-state index < -0.39 is 17.9 Å². The molecule has 10 heteroatoms. The van der Waals surface area contributed by atoms with Crippen LogP contribution in [0.4, 0.5) is 10.2 Å². The van der Waals surface area contributed by atoms with Crippen molar-refractivity contribution in [2.45, 2.75) is 58.5 Å². The van der Waals surface area contributed by atoms with Crippen molar-refractivity contribution < 1.29 is 14.0 Å². The predicted octanol–water partition coefficient (Wildman–Crippen LogP) is 4.41. The number of rotatable bonds is 9. The van der Waals surface area contributed by atoms with Gasteiger partial charge >= 0.3 is 0 Å². The number of aromatic nitrogens is 4. The third-order valence-electron chi connectivity index (χ3n) is 7.28. The molecule has 2 aliphatic carbocycles. The Labute approximate surface area is 220 Å². The highest BCUT2D eigenvalue weighted by Gasteiger charge is 2.48. The van der Waals surface area contributed by atoms with Gasteiger partial charge in [0.25, 0.3) is 5.91 Å². The Balaban J connectivity index is 1.39. The summed E-state index contributed by atoms with van der Waals surface area (Å²) in [6, 6.07) is 7.44. The van der Waals surface area contributed by atoms with Crippen LogP contribution in [0.15, 0.2) is 36.7 Å². The van der Waals surface area contributed by atoms with Crippen molar-refractivity contribution >= 4 is 17.6 Å². The lowest BCUT2D eigenvalue weighted by molar-refractivity contribution is -0.119. The van der Waals surface area contributed by atoms with Gasteiger partial charge in [0.1, 0.15) is 23.6 Å². The van der Waals surface area contributed by atoms with Gasteiger partial charge in [-0.2, -0.15) is 14.8 Å². The number of hydrogen-bond acceptors (Lipinski definition) is 6. The van der Waals surface area contributed by atoms with Gasteiger partial charge in [-0.1, -0.05) is 0 Å². The van der Waals surface area contributed by atoms with E-state index in [2.05, 4.69) is 25.7 Å². The van der Waals surface area contributed by atoms with Crippen molar-refractivity contribution in [3.8, 4) is 17.2 Å². The highest BCUT2D eigenvalue weighted by atomic mass is 19.1. The Kier molecular flexibility index (Phi) is 6.93. The molecule has 5 rings (SSSR count). The number of nitriles is 1. The number of carbonyl (C=O) groups excluding carboxylic acids is 2. The number of halogens is 1. The molecule has 196 valence electrons. The molecule has 0 bridgehead atoms. The van der Waals surface area contributed by atoms with Gasteiger partial charge in [0.15, 0.2) is 0 Å². The lowest BCUT2D eigenvalue weighted by Gasteiger charge is -2.27. The highest BCUT2D eigenvalue weighted by Crippen LogP contribution is 2.51. The maximum atomic E-state index is 15.1. The van der Waals surface area contributed by atoms with Gasteiger partial charge in [-0.05, 0) is 88.5 Å². The SMILES string of the molecule is Cc1ncc(C#N)cc1-c1ccc(NC(=O)[C@@H](NC(=O)c2ccnn2C(C)C)C(C2CC2)C2CC2)nc1F. The molecule has 3 heterocycles. The molecule has 2 amide bonds. The summed E-state index contributed by atoms with van der Waals surface area (Å²) < 4.78 is 16.7. The standard InChI is InChI=1S/C28H30FN7O2/c1-15(2)36-22(10-11-32-36)27(37)35-25(24(18-4-5-18)19-6-7-19)28(38)34-23-9-8-20(26(29)33-23)21-12-17(13-30)14-31-16(21)3/h8-12,14-15,18-19,24-25H,4-7H2,1-3H3,(H,35,37)(H,33,34,38)/t25-/m0/s1. The van der Waals surface area contributed by atoms with Crippen LogP contribution in [0.1, 0.15) is 67.3 Å². The van der Waals surface area contributed by atoms with Crippen LogP contribution in [0.3, 0.4) is 0 Å². The molecule has 0 aromatic carbocycles. The van der Waals surface area contributed by atoms with Gasteiger partial charge in [0, 0.05) is 35.3 Å². The molecule has 0 saturated heterocycles. The van der Waals surface area contributed by atoms with Gasteiger partial charge in [-0.3, -0.25) is 19.3 Å². The van der Waals surface area contributed by atoms with Crippen molar-refractivity contribution in [3.63, 3.8) is 0 Å². The topological polar surface area (TPSA) is 126 Å². The molecule has 3 aromatic rings. The summed E-state index contributed by atoms with van der Waals surface area (Å²) in [4.78, 5) is 35.0. The molecule has 3 aromatic heterocycles. The van der Waals surface area contributed by atoms with Crippen LogP contribution in [-0.2, 0) is 4.79 Å². The lowest BCUT2D eigenvalue weighted by atomic mass is 9.88. The summed E-state index contributed by atoms with van der Waals surface area (Å²) in [5, 5.41) is 19.1. The van der Waals surface area contributed by atoms with Crippen LogP contribution in [-0.4, -0.2) is 37.6 Å². The molecule has 9 nitrogen and oxygen atoms in total. The molecule has 38 heavy (non-hydrogen) atoms. The summed E-state index contributed by atoms with van der Waals surface area (Å²) in [5.74, 6) is -0.743. The second kappa shape index (κ2) is 10.3. The predicted molar refractivity (Wildman–Crippen MR) is 138 cm³/mol. The molecule has 2 saturated carbocycles. The van der Waals surface area contributed by atoms with Crippen LogP contribution < -0.4 is 10.6 Å². The average Bonchev–Trinajstić information content (AvgIpc) is 3.83. The first-order valence-corrected chi connectivity index (χ1v) is 13.0. The van der Waals surface area contributed by atoms with Crippen LogP contribution in [0.5, 0.6) is 0 Å². The normalized spacial score (nSPS) is 15.8. The zero-order valence-electron chi connectivity index (χ0n) is 21.6. The van der Waals surface area contributed by atoms with Gasteiger partial charge in [0.2, 0.25) is 11.9 Å². The maximum Gasteiger partial charge on any atom is 0.270 e. The Morgan fingerprint density at radius 1 is 1.13 bits per heavy atom. The van der Waals surface area contributed by atoms with Gasteiger partial charge in [0.05, 0.1) is 5.56 Å². The molecule has 0 unspecified atom stereocenters. The minimum atomic E-state index is -0.787. The van der Waals surface area contributed by atoms with E-state index in [4.69, 9.17) is 0 Å². The number of aryl methyl sites for hydroxylation is 1. The van der Waals surface area contributed by atoms with Crippen molar-refractivity contribution in [2.24, 2.45) is 17.8 Å². The van der Waals surface area contributed by atoms with E-state index in [0.29, 0.717) is 34.4 Å². The van der Waals surface area contributed by atoms with E-state index in [1.807, 2.05) is 19.9 Å². The molecule has 0 radical (unpaired) electrons. The summed E-state index contributed by atoms with van der Waals surface area (Å²) >= 11 is 0. The fourth-order valence-electron chi connectivity index (χ4n) is 5.12. The van der Waals surface area contributed by atoms with Crippen LogP contribution in [0, 0.1) is 42.0 Å². The van der Waals surface area contributed by atoms with E-state index in [1.165, 1.54) is 18.3 Å². The van der Waals surface area contributed by atoms with Crippen LogP contribution in [0.25, 0.3) is 11.1 Å². The number of carbonyl (C=O) groups is 2. The Morgan fingerprint density at radius 3 is 2.45 bits per heavy atom. The quantitative estimate of drug-likeness (QED) is 0.407. The summed E-state index contributed by atoms with van der Waals surface area (Å²) in [6.45, 7) is 5.59. The summed E-state index contributed by atoms with van der Waals surface area (Å²) in [6.07, 6.45) is 7.12. The van der Waals surface area contributed by atoms with Gasteiger partial charge in [-0.25, -0.2) is 4.98 Å². The molecule has 0 aliphatic heterocycles. The molecule has 2 N–H and O–H groups in total. The fourth-order valence-corrected chi connectivity index (χ4v) is 5.12. The lowest BCUT2D eigenvalue weighted by Crippen LogP contribution is -2.50. The van der Waals surface area contributed by atoms with Crippen molar-refractivity contribution in [2.75, 3.05) is 5.32 Å². The summed E-state index contributed by atoms with van der Waals surface area (Å²) in [7, 11) is 0. The molecular weight excluding hydrogens is 485 g/mol. The first-order chi connectivity index (χ1) is 18.3. The van der Waals surface area contributed by atoms with Crippen LogP contribution >= 0.6 is 0 Å². The van der Waals surface area contributed by atoms with E-state index in [9.17, 15) is 14.9 Å². The van der Waals surface area contributed by atoms with E-state index in [-0.39, 0.29) is 29.2 Å². The largest absolute Gasteiger partial charge is 0.339 e. The molecule has 2 aliphatic rings. The molecular formula is C28H30FN7O2. The first kappa shape index (κ1) is 25.5. The smallest absolute Gasteiger partial charge is 0.270 e. The van der Waals surface area contributed by atoms with Gasteiger partial charge in [-0.15, -0.1) is 0 Å². The fraction of sp³-hybridized carbons (Fsp3) is 0.429. The number of amides is 2. The zero-order valence-corrected chi connectivity index (χ0v) is 21.6. The number of pyridine rings is 2. The minimum Gasteiger partial charge on any atom is -0.339 e. The zero-order chi connectivity index (χ0) is 27.0. The van der Waals surface area contributed by atoms with Crippen molar-refractivity contribution in [3.05, 3.63) is 59.6 Å².